The Hall–Kier alpha value is -4.72. The number of nitrogens with one attached hydrogen (secondary N) is 2. The summed E-state index contributed by atoms with van der Waals surface area (Å²) in [6, 6.07) is 23.2. The van der Waals surface area contributed by atoms with E-state index in [1.807, 2.05) is 85.8 Å². The molecule has 0 spiro atoms. The van der Waals surface area contributed by atoms with Crippen molar-refractivity contribution in [2.24, 2.45) is 0 Å². The third-order valence-electron chi connectivity index (χ3n) is 7.50. The molecule has 4 aromatic rings. The molecule has 0 saturated carbocycles. The summed E-state index contributed by atoms with van der Waals surface area (Å²) in [7, 11) is 0. The Balaban J connectivity index is 1.53. The Morgan fingerprint density at radius 2 is 1.68 bits per heavy atom. The van der Waals surface area contributed by atoms with Crippen molar-refractivity contribution in [2.45, 2.75) is 51.1 Å². The van der Waals surface area contributed by atoms with E-state index < -0.39 is 24.0 Å². The van der Waals surface area contributed by atoms with E-state index in [4.69, 9.17) is 0 Å². The third-order valence-corrected chi connectivity index (χ3v) is 7.50. The lowest BCUT2D eigenvalue weighted by atomic mass is 9.85. The van der Waals surface area contributed by atoms with Gasteiger partial charge in [0.15, 0.2) is 0 Å². The highest BCUT2D eigenvalue weighted by Crippen LogP contribution is 2.39. The SMILES string of the molecule is CC(=O)Nc1ccc(CCC2c3nc[nH]c3C[C@@H](C(=O)O)N2C(=O)C(c2ccccc2)c2ccccc2)cc1C. The highest BCUT2D eigenvalue weighted by molar-refractivity contribution is 5.92. The lowest BCUT2D eigenvalue weighted by Crippen LogP contribution is -2.53. The number of aliphatic carboxylic acids is 1. The maximum Gasteiger partial charge on any atom is 0.326 e. The van der Waals surface area contributed by atoms with Gasteiger partial charge in [0, 0.05) is 24.7 Å². The van der Waals surface area contributed by atoms with Gasteiger partial charge in [-0.2, -0.15) is 0 Å². The number of hydrogen-bond acceptors (Lipinski definition) is 4. The zero-order valence-corrected chi connectivity index (χ0v) is 22.5. The van der Waals surface area contributed by atoms with Crippen LogP contribution in [-0.2, 0) is 27.2 Å². The molecule has 1 unspecified atom stereocenters. The summed E-state index contributed by atoms with van der Waals surface area (Å²) < 4.78 is 0. The van der Waals surface area contributed by atoms with Gasteiger partial charge in [-0.15, -0.1) is 0 Å². The highest BCUT2D eigenvalue weighted by Gasteiger charge is 2.44. The molecule has 0 saturated heterocycles. The van der Waals surface area contributed by atoms with E-state index in [2.05, 4.69) is 15.3 Å². The van der Waals surface area contributed by atoms with Crippen LogP contribution in [0.5, 0.6) is 0 Å². The monoisotopic (exact) mass is 536 g/mol. The second-order valence-electron chi connectivity index (χ2n) is 10.2. The minimum atomic E-state index is -1.05. The van der Waals surface area contributed by atoms with Gasteiger partial charge in [0.25, 0.3) is 0 Å². The molecule has 2 amide bonds. The van der Waals surface area contributed by atoms with Crippen molar-refractivity contribution in [3.63, 3.8) is 0 Å². The summed E-state index contributed by atoms with van der Waals surface area (Å²) in [5.74, 6) is -2.11. The van der Waals surface area contributed by atoms with Crippen LogP contribution in [0, 0.1) is 6.92 Å². The number of H-pyrrole nitrogens is 1. The molecule has 40 heavy (non-hydrogen) atoms. The number of rotatable bonds is 8. The average Bonchev–Trinajstić information content (AvgIpc) is 3.42. The van der Waals surface area contributed by atoms with E-state index in [9.17, 15) is 19.5 Å². The molecule has 0 bridgehead atoms. The molecule has 5 rings (SSSR count). The van der Waals surface area contributed by atoms with Crippen molar-refractivity contribution in [1.82, 2.24) is 14.9 Å². The molecule has 3 aromatic carbocycles. The number of nitrogens with zero attached hydrogens (tertiary/aromatic N) is 2. The molecule has 0 fully saturated rings. The Labute approximate surface area is 233 Å². The number of carbonyl (C=O) groups is 3. The minimum absolute atomic E-state index is 0.135. The number of benzene rings is 3. The number of imidazole rings is 1. The Morgan fingerprint density at radius 3 is 2.25 bits per heavy atom. The number of hydrogen-bond donors (Lipinski definition) is 3. The number of fused-ring (bicyclic) bond motifs is 1. The number of amides is 2. The van der Waals surface area contributed by atoms with Crippen LogP contribution in [0.4, 0.5) is 5.69 Å². The summed E-state index contributed by atoms with van der Waals surface area (Å²) in [6.07, 6.45) is 2.81. The highest BCUT2D eigenvalue weighted by atomic mass is 16.4. The van der Waals surface area contributed by atoms with Gasteiger partial charge in [-0.25, -0.2) is 9.78 Å². The maximum atomic E-state index is 14.6. The molecule has 1 aromatic heterocycles. The molecule has 2 heterocycles. The number of carboxylic acid groups (broad SMARTS) is 1. The normalized spacial score (nSPS) is 16.4. The maximum absolute atomic E-state index is 14.6. The van der Waals surface area contributed by atoms with E-state index >= 15 is 0 Å². The van der Waals surface area contributed by atoms with Crippen LogP contribution < -0.4 is 5.32 Å². The van der Waals surface area contributed by atoms with Crippen LogP contribution in [-0.4, -0.2) is 43.8 Å². The molecule has 0 radical (unpaired) electrons. The van der Waals surface area contributed by atoms with Gasteiger partial charge in [0.1, 0.15) is 6.04 Å². The number of carbonyl (C=O) groups excluding carboxylic acids is 2. The van der Waals surface area contributed by atoms with Gasteiger partial charge in [0.05, 0.1) is 24.0 Å². The summed E-state index contributed by atoms with van der Waals surface area (Å²) in [4.78, 5) is 47.9. The van der Waals surface area contributed by atoms with E-state index in [1.165, 1.54) is 6.92 Å². The Bertz CT molecular complexity index is 1480. The topological polar surface area (TPSA) is 115 Å². The van der Waals surface area contributed by atoms with E-state index in [1.54, 1.807) is 11.2 Å². The summed E-state index contributed by atoms with van der Waals surface area (Å²) in [5, 5.41) is 13.2. The van der Waals surface area contributed by atoms with Crippen LogP contribution in [0.1, 0.15) is 58.9 Å². The molecule has 0 aliphatic carbocycles. The smallest absolute Gasteiger partial charge is 0.326 e. The Kier molecular flexibility index (Phi) is 7.77. The van der Waals surface area contributed by atoms with E-state index in [0.29, 0.717) is 18.5 Å². The number of aromatic amines is 1. The molecule has 1 aliphatic heterocycles. The second kappa shape index (κ2) is 11.6. The van der Waals surface area contributed by atoms with Gasteiger partial charge in [-0.1, -0.05) is 72.8 Å². The fourth-order valence-corrected chi connectivity index (χ4v) is 5.64. The molecule has 2 atom stereocenters. The van der Waals surface area contributed by atoms with Gasteiger partial charge in [-0.3, -0.25) is 9.59 Å². The second-order valence-corrected chi connectivity index (χ2v) is 10.2. The number of aromatic nitrogens is 2. The van der Waals surface area contributed by atoms with Gasteiger partial charge in [-0.05, 0) is 48.1 Å². The molecule has 1 aliphatic rings. The molecule has 8 nitrogen and oxygen atoms in total. The zero-order valence-electron chi connectivity index (χ0n) is 22.5. The van der Waals surface area contributed by atoms with Crippen molar-refractivity contribution >= 4 is 23.5 Å². The fourth-order valence-electron chi connectivity index (χ4n) is 5.64. The first-order chi connectivity index (χ1) is 19.3. The minimum Gasteiger partial charge on any atom is -0.480 e. The van der Waals surface area contributed by atoms with Crippen molar-refractivity contribution in [1.29, 1.82) is 0 Å². The molecule has 8 heteroatoms. The first-order valence-corrected chi connectivity index (χ1v) is 13.4. The van der Waals surface area contributed by atoms with Crippen molar-refractivity contribution in [2.75, 3.05) is 5.32 Å². The lowest BCUT2D eigenvalue weighted by Gasteiger charge is -2.41. The predicted molar refractivity (Wildman–Crippen MR) is 152 cm³/mol. The third kappa shape index (κ3) is 5.52. The van der Waals surface area contributed by atoms with Gasteiger partial charge in [0.2, 0.25) is 11.8 Å². The number of aryl methyl sites for hydroxylation is 2. The van der Waals surface area contributed by atoms with Crippen molar-refractivity contribution in [3.8, 4) is 0 Å². The van der Waals surface area contributed by atoms with Gasteiger partial charge < -0.3 is 20.3 Å². The van der Waals surface area contributed by atoms with Crippen LogP contribution in [0.3, 0.4) is 0 Å². The molecular weight excluding hydrogens is 504 g/mol. The first-order valence-electron chi connectivity index (χ1n) is 13.4. The molecule has 3 N–H and O–H groups in total. The Morgan fingerprint density at radius 1 is 1.02 bits per heavy atom. The summed E-state index contributed by atoms with van der Waals surface area (Å²) in [6.45, 7) is 3.41. The average molecular weight is 537 g/mol. The van der Waals surface area contributed by atoms with Crippen LogP contribution >= 0.6 is 0 Å². The van der Waals surface area contributed by atoms with Crippen LogP contribution in [0.15, 0.2) is 85.2 Å². The lowest BCUT2D eigenvalue weighted by molar-refractivity contribution is -0.154. The zero-order chi connectivity index (χ0) is 28.2. The summed E-state index contributed by atoms with van der Waals surface area (Å²) >= 11 is 0. The molecule has 204 valence electrons. The fraction of sp³-hybridized carbons (Fsp3) is 0.250. The predicted octanol–water partition coefficient (Wildman–Crippen LogP) is 5.02. The number of carboxylic acids is 1. The first kappa shape index (κ1) is 26.9. The summed E-state index contributed by atoms with van der Waals surface area (Å²) in [5.41, 5.74) is 5.77. The van der Waals surface area contributed by atoms with Crippen LogP contribution in [0.25, 0.3) is 0 Å². The standard InChI is InChI=1S/C32H32N4O4/c1-20-17-22(13-15-25(20)35-21(2)37)14-16-27-30-26(33-19-34-30)18-28(32(39)40)36(27)31(38)29(23-9-5-3-6-10-23)24-11-7-4-8-12-24/h3-13,15,17,19,27-29H,14,16,18H2,1-2H3,(H,33,34)(H,35,37)(H,39,40)/t27?,28-/m0/s1. The van der Waals surface area contributed by atoms with Gasteiger partial charge >= 0.3 is 5.97 Å². The van der Waals surface area contributed by atoms with Crippen molar-refractivity contribution in [3.05, 3.63) is 119 Å². The van der Waals surface area contributed by atoms with Crippen LogP contribution in [0.2, 0.25) is 0 Å². The quantitative estimate of drug-likeness (QED) is 0.293. The van der Waals surface area contributed by atoms with E-state index in [-0.39, 0.29) is 18.2 Å². The number of anilines is 1. The van der Waals surface area contributed by atoms with Crippen molar-refractivity contribution < 1.29 is 19.5 Å². The molecular formula is C32H32N4O4. The van der Waals surface area contributed by atoms with E-state index in [0.717, 1.165) is 33.6 Å². The largest absolute Gasteiger partial charge is 0.480 e.